The minimum atomic E-state index is -0.503. The molecule has 0 bridgehead atoms. The Morgan fingerprint density at radius 3 is 2.73 bits per heavy atom. The molecule has 1 amide bonds. The van der Waals surface area contributed by atoms with E-state index in [1.54, 1.807) is 0 Å². The average molecular weight is 158 g/mol. The summed E-state index contributed by atoms with van der Waals surface area (Å²) in [5.41, 5.74) is 4.81. The number of rotatable bonds is 1. The summed E-state index contributed by atoms with van der Waals surface area (Å²) in [5, 5.41) is 3.16. The van der Waals surface area contributed by atoms with Gasteiger partial charge in [0.15, 0.2) is 6.10 Å². The van der Waals surface area contributed by atoms with Crippen molar-refractivity contribution in [2.75, 3.05) is 13.2 Å². The maximum atomic E-state index is 10.8. The van der Waals surface area contributed by atoms with Crippen LogP contribution in [0.3, 0.4) is 0 Å². The van der Waals surface area contributed by atoms with E-state index in [0.717, 1.165) is 6.54 Å². The molecule has 1 fully saturated rings. The third-order valence-corrected chi connectivity index (χ3v) is 1.88. The van der Waals surface area contributed by atoms with Gasteiger partial charge in [-0.2, -0.15) is 0 Å². The molecule has 0 aliphatic carbocycles. The number of carbonyl (C=O) groups excluding carboxylic acids is 1. The van der Waals surface area contributed by atoms with E-state index in [2.05, 4.69) is 5.32 Å². The zero-order valence-corrected chi connectivity index (χ0v) is 6.89. The molecule has 64 valence electrons. The Labute approximate surface area is 66.1 Å². The van der Waals surface area contributed by atoms with Gasteiger partial charge in [-0.05, 0) is 13.8 Å². The Balaban J connectivity index is 2.67. The first-order valence-electron chi connectivity index (χ1n) is 3.70. The molecule has 1 unspecified atom stereocenters. The number of primary amides is 1. The summed E-state index contributed by atoms with van der Waals surface area (Å²) in [5.74, 6) is -0.401. The highest BCUT2D eigenvalue weighted by Crippen LogP contribution is 2.15. The highest BCUT2D eigenvalue weighted by molar-refractivity contribution is 5.80. The molecule has 4 nitrogen and oxygen atoms in total. The van der Waals surface area contributed by atoms with E-state index in [9.17, 15) is 4.79 Å². The van der Waals surface area contributed by atoms with E-state index >= 15 is 0 Å². The van der Waals surface area contributed by atoms with Crippen LogP contribution in [0, 0.1) is 0 Å². The summed E-state index contributed by atoms with van der Waals surface area (Å²) in [6.45, 7) is 5.14. The number of hydrogen-bond acceptors (Lipinski definition) is 3. The standard InChI is InChI=1S/C7H14N2O2/c1-7(2)5(6(8)10)11-4-3-9-7/h5,9H,3-4H2,1-2H3,(H2,8,10). The Bertz CT molecular complexity index is 168. The first kappa shape index (κ1) is 8.49. The number of ether oxygens (including phenoxy) is 1. The third-order valence-electron chi connectivity index (χ3n) is 1.88. The molecule has 3 N–H and O–H groups in total. The summed E-state index contributed by atoms with van der Waals surface area (Å²) in [7, 11) is 0. The van der Waals surface area contributed by atoms with E-state index in [1.165, 1.54) is 0 Å². The van der Waals surface area contributed by atoms with E-state index < -0.39 is 12.0 Å². The minimum Gasteiger partial charge on any atom is -0.367 e. The Hall–Kier alpha value is -0.610. The van der Waals surface area contributed by atoms with Crippen molar-refractivity contribution in [3.63, 3.8) is 0 Å². The molecule has 11 heavy (non-hydrogen) atoms. The van der Waals surface area contributed by atoms with Gasteiger partial charge in [-0.3, -0.25) is 4.79 Å². The lowest BCUT2D eigenvalue weighted by Gasteiger charge is -2.37. The van der Waals surface area contributed by atoms with Crippen LogP contribution < -0.4 is 11.1 Å². The monoisotopic (exact) mass is 158 g/mol. The second kappa shape index (κ2) is 2.79. The van der Waals surface area contributed by atoms with Gasteiger partial charge in [0.1, 0.15) is 0 Å². The fourth-order valence-electron chi connectivity index (χ4n) is 1.29. The molecule has 0 radical (unpaired) electrons. The van der Waals surface area contributed by atoms with E-state index in [0.29, 0.717) is 6.61 Å². The molecular formula is C7H14N2O2. The first-order valence-corrected chi connectivity index (χ1v) is 3.70. The molecule has 1 rings (SSSR count). The molecule has 0 aromatic carbocycles. The van der Waals surface area contributed by atoms with Gasteiger partial charge in [-0.1, -0.05) is 0 Å². The van der Waals surface area contributed by atoms with Crippen molar-refractivity contribution in [1.82, 2.24) is 5.32 Å². The Morgan fingerprint density at radius 2 is 2.36 bits per heavy atom. The van der Waals surface area contributed by atoms with Crippen LogP contribution in [0.5, 0.6) is 0 Å². The van der Waals surface area contributed by atoms with Crippen LogP contribution in [0.25, 0.3) is 0 Å². The smallest absolute Gasteiger partial charge is 0.248 e. The molecule has 0 aromatic rings. The molecule has 1 saturated heterocycles. The highest BCUT2D eigenvalue weighted by Gasteiger charge is 2.36. The summed E-state index contributed by atoms with van der Waals surface area (Å²) in [6, 6.07) is 0. The van der Waals surface area contributed by atoms with Crippen molar-refractivity contribution in [3.8, 4) is 0 Å². The lowest BCUT2D eigenvalue weighted by molar-refractivity contribution is -0.138. The van der Waals surface area contributed by atoms with Crippen molar-refractivity contribution in [3.05, 3.63) is 0 Å². The molecule has 1 heterocycles. The quantitative estimate of drug-likeness (QED) is 0.527. The predicted octanol–water partition coefficient (Wildman–Crippen LogP) is -0.761. The van der Waals surface area contributed by atoms with Crippen LogP contribution in [-0.2, 0) is 9.53 Å². The van der Waals surface area contributed by atoms with Crippen molar-refractivity contribution in [2.24, 2.45) is 5.73 Å². The van der Waals surface area contributed by atoms with Gasteiger partial charge >= 0.3 is 0 Å². The van der Waals surface area contributed by atoms with E-state index in [-0.39, 0.29) is 5.54 Å². The van der Waals surface area contributed by atoms with Crippen LogP contribution in [0.2, 0.25) is 0 Å². The van der Waals surface area contributed by atoms with Crippen LogP contribution in [-0.4, -0.2) is 30.7 Å². The summed E-state index contributed by atoms with van der Waals surface area (Å²) < 4.78 is 5.22. The van der Waals surface area contributed by atoms with Gasteiger partial charge in [0.05, 0.1) is 6.61 Å². The summed E-state index contributed by atoms with van der Waals surface area (Å²) in [4.78, 5) is 10.8. The largest absolute Gasteiger partial charge is 0.367 e. The number of amides is 1. The van der Waals surface area contributed by atoms with Gasteiger partial charge in [0.25, 0.3) is 0 Å². The molecular weight excluding hydrogens is 144 g/mol. The molecule has 1 atom stereocenters. The Kier molecular flexibility index (Phi) is 2.15. The van der Waals surface area contributed by atoms with Gasteiger partial charge < -0.3 is 15.8 Å². The highest BCUT2D eigenvalue weighted by atomic mass is 16.5. The van der Waals surface area contributed by atoms with Crippen LogP contribution in [0.15, 0.2) is 0 Å². The fraction of sp³-hybridized carbons (Fsp3) is 0.857. The zero-order valence-electron chi connectivity index (χ0n) is 6.89. The zero-order chi connectivity index (χ0) is 8.48. The first-order chi connectivity index (χ1) is 5.04. The number of hydrogen-bond donors (Lipinski definition) is 2. The van der Waals surface area contributed by atoms with Crippen molar-refractivity contribution in [2.45, 2.75) is 25.5 Å². The summed E-state index contributed by atoms with van der Waals surface area (Å²) >= 11 is 0. The molecule has 1 aliphatic heterocycles. The predicted molar refractivity (Wildman–Crippen MR) is 41.0 cm³/mol. The van der Waals surface area contributed by atoms with Gasteiger partial charge in [0.2, 0.25) is 5.91 Å². The van der Waals surface area contributed by atoms with E-state index in [1.807, 2.05) is 13.8 Å². The summed E-state index contributed by atoms with van der Waals surface area (Å²) in [6.07, 6.45) is -0.503. The van der Waals surface area contributed by atoms with Gasteiger partial charge in [0, 0.05) is 12.1 Å². The lowest BCUT2D eigenvalue weighted by Crippen LogP contribution is -2.60. The fourth-order valence-corrected chi connectivity index (χ4v) is 1.29. The maximum Gasteiger partial charge on any atom is 0.248 e. The van der Waals surface area contributed by atoms with Crippen molar-refractivity contribution in [1.29, 1.82) is 0 Å². The SMILES string of the molecule is CC1(C)NCCOC1C(N)=O. The van der Waals surface area contributed by atoms with Crippen molar-refractivity contribution >= 4 is 5.91 Å². The lowest BCUT2D eigenvalue weighted by atomic mass is 9.95. The average Bonchev–Trinajstić information content (AvgIpc) is 1.85. The third kappa shape index (κ3) is 1.70. The van der Waals surface area contributed by atoms with Crippen LogP contribution in [0.1, 0.15) is 13.8 Å². The maximum absolute atomic E-state index is 10.8. The second-order valence-corrected chi connectivity index (χ2v) is 3.30. The van der Waals surface area contributed by atoms with Crippen LogP contribution >= 0.6 is 0 Å². The number of nitrogens with one attached hydrogen (secondary N) is 1. The molecule has 4 heteroatoms. The Morgan fingerprint density at radius 1 is 1.73 bits per heavy atom. The van der Waals surface area contributed by atoms with Gasteiger partial charge in [-0.15, -0.1) is 0 Å². The number of morpholine rings is 1. The number of nitrogens with two attached hydrogens (primary N) is 1. The molecule has 0 aromatic heterocycles. The van der Waals surface area contributed by atoms with Crippen molar-refractivity contribution < 1.29 is 9.53 Å². The minimum absolute atomic E-state index is 0.329. The normalized spacial score (nSPS) is 29.8. The second-order valence-electron chi connectivity index (χ2n) is 3.30. The van der Waals surface area contributed by atoms with Gasteiger partial charge in [-0.25, -0.2) is 0 Å². The molecule has 1 aliphatic rings. The molecule has 0 saturated carbocycles. The number of carbonyl (C=O) groups is 1. The van der Waals surface area contributed by atoms with Crippen LogP contribution in [0.4, 0.5) is 0 Å². The molecule has 0 spiro atoms. The van der Waals surface area contributed by atoms with E-state index in [4.69, 9.17) is 10.5 Å². The topological polar surface area (TPSA) is 64.3 Å².